The average Bonchev–Trinajstić information content (AvgIpc) is 3.65. The van der Waals surface area contributed by atoms with Crippen molar-refractivity contribution in [3.05, 3.63) is 88.1 Å². The maximum Gasteiger partial charge on any atom is 0.358 e. The summed E-state index contributed by atoms with van der Waals surface area (Å²) in [6.45, 7) is -0.389. The summed E-state index contributed by atoms with van der Waals surface area (Å²) >= 11 is 0.319. The van der Waals surface area contributed by atoms with Gasteiger partial charge in [-0.3, -0.25) is 19.2 Å². The summed E-state index contributed by atoms with van der Waals surface area (Å²) in [6, 6.07) is 12.1. The molecule has 70 heavy (non-hydrogen) atoms. The molecule has 6 aromatic rings. The molecule has 1 heterocycles. The summed E-state index contributed by atoms with van der Waals surface area (Å²) in [5.41, 5.74) is -3.46. The molecule has 29 nitrogen and oxygen atoms in total. The number of aromatic carboxylic acids is 1. The normalized spacial score (nSPS) is 12.2. The molecule has 6 rings (SSSR count). The summed E-state index contributed by atoms with van der Waals surface area (Å²) in [5.74, 6) is -3.62. The highest BCUT2D eigenvalue weighted by Gasteiger charge is 2.26. The molecule has 32 heteroatoms. The van der Waals surface area contributed by atoms with Crippen LogP contribution in [0.25, 0.3) is 16.5 Å². The number of azo groups is 3. The number of nitro groups is 1. The second kappa shape index (κ2) is 21.7. The van der Waals surface area contributed by atoms with Crippen LogP contribution in [0.3, 0.4) is 0 Å². The molecule has 0 saturated heterocycles. The largest absolute Gasteiger partial charge is 0.505 e. The Morgan fingerprint density at radius 2 is 1.36 bits per heavy atom. The number of methoxy groups -OCH3 is 1. The first-order valence-corrected chi connectivity index (χ1v) is 22.7. The van der Waals surface area contributed by atoms with E-state index in [1.54, 1.807) is 0 Å². The third-order valence-electron chi connectivity index (χ3n) is 9.18. The Balaban J connectivity index is 1.42. The molecule has 0 aliphatic carbocycles. The van der Waals surface area contributed by atoms with Crippen LogP contribution in [0.15, 0.2) is 112 Å². The van der Waals surface area contributed by atoms with Crippen molar-refractivity contribution < 1.29 is 90.0 Å². The van der Waals surface area contributed by atoms with Gasteiger partial charge in [-0.25, -0.2) is 10.1 Å². The topological polar surface area (TPSA) is 428 Å². The highest BCUT2D eigenvalue weighted by Crippen LogP contribution is 2.47. The molecule has 0 aliphatic rings. The second-order valence-electron chi connectivity index (χ2n) is 13.6. The number of aliphatic hydroxyl groups excluding tert-OH is 2. The summed E-state index contributed by atoms with van der Waals surface area (Å²) in [5, 5.41) is 104. The van der Waals surface area contributed by atoms with E-state index < -0.39 is 88.5 Å². The summed E-state index contributed by atoms with van der Waals surface area (Å²) in [6.07, 6.45) is 0. The van der Waals surface area contributed by atoms with Gasteiger partial charge in [0.05, 0.1) is 47.9 Å². The number of phenols is 1. The number of fused-ring (bicyclic) bond motifs is 1. The van der Waals surface area contributed by atoms with Gasteiger partial charge in [-0.05, 0) is 54.3 Å². The molecule has 0 fully saturated rings. The molecule has 0 unspecified atom stereocenters. The van der Waals surface area contributed by atoms with Crippen LogP contribution in [0.2, 0.25) is 0 Å². The van der Waals surface area contributed by atoms with Crippen molar-refractivity contribution in [1.82, 2.24) is 9.78 Å². The van der Waals surface area contributed by atoms with E-state index >= 15 is 0 Å². The number of carboxylic acids is 1. The van der Waals surface area contributed by atoms with Gasteiger partial charge < -0.3 is 39.7 Å². The number of hydrogen-bond acceptors (Lipinski definition) is 25. The number of nitrogens with zero attached hydrogens (tertiary/aromatic N) is 9. The van der Waals surface area contributed by atoms with Crippen molar-refractivity contribution in [2.45, 2.75) is 21.6 Å². The van der Waals surface area contributed by atoms with Gasteiger partial charge in [-0.15, -0.1) is 35.0 Å². The third kappa shape index (κ3) is 11.5. The Morgan fingerprint density at radius 1 is 0.771 bits per heavy atom. The SMILES string of the molecule is COc1cc(S(=O)(=O)O)c(C)cc1/N=N/c1c(C(=O)O)nn(-c2ccc3c(O)c(/N=N/c4cc(OCCO)c(/N=N/c5ccc([N+](=O)[O-])cc5S(=O)(=O)O)cc4OCCO)c(SOOO)cc3c2)c1O. The summed E-state index contributed by atoms with van der Waals surface area (Å²) in [7, 11) is -8.55. The fraction of sp³-hybridized carbons (Fsp3) is 0.158. The fourth-order valence-corrected chi connectivity index (χ4v) is 7.99. The Morgan fingerprint density at radius 3 is 1.91 bits per heavy atom. The molecular formula is C38H33N9O20S3. The Hall–Kier alpha value is -7.79. The molecule has 0 spiro atoms. The summed E-state index contributed by atoms with van der Waals surface area (Å²) < 4.78 is 88.8. The Bertz CT molecular complexity index is 3350. The van der Waals surface area contributed by atoms with Crippen LogP contribution in [0.4, 0.5) is 39.8 Å². The van der Waals surface area contributed by atoms with Crippen LogP contribution in [-0.2, 0) is 29.6 Å². The minimum Gasteiger partial charge on any atom is -0.505 e. The number of aliphatic hydroxyl groups is 2. The molecule has 0 aliphatic heterocycles. The smallest absolute Gasteiger partial charge is 0.358 e. The minimum absolute atomic E-state index is 0.00922. The van der Waals surface area contributed by atoms with Gasteiger partial charge in [0, 0.05) is 35.7 Å². The fourth-order valence-electron chi connectivity index (χ4n) is 6.13. The zero-order valence-corrected chi connectivity index (χ0v) is 37.9. The highest BCUT2D eigenvalue weighted by molar-refractivity contribution is 7.94. The van der Waals surface area contributed by atoms with Crippen molar-refractivity contribution >= 4 is 88.8 Å². The van der Waals surface area contributed by atoms with Gasteiger partial charge in [0.25, 0.3) is 25.9 Å². The van der Waals surface area contributed by atoms with Crippen molar-refractivity contribution in [2.75, 3.05) is 33.5 Å². The van der Waals surface area contributed by atoms with E-state index in [4.69, 9.17) is 19.5 Å². The quantitative estimate of drug-likeness (QED) is 0.00876. The van der Waals surface area contributed by atoms with E-state index in [1.807, 2.05) is 0 Å². The van der Waals surface area contributed by atoms with Crippen LogP contribution in [0.5, 0.6) is 28.9 Å². The highest BCUT2D eigenvalue weighted by atomic mass is 32.2. The standard InChI is InChI=1S/C38H33N9O20S3/c1-18-11-24(27(63-2)17-31(18)69(57,58)59)41-44-34-35(38(52)53)45-46(37(34)51)20-3-5-22-19(12-20)13-30(68-67-66-56)33(36(22)50)43-42-26-16-28(64-9-7-48)25(15-29(26)65-10-8-49)40-39-23-6-4-21(47(54)55)14-32(23)70(60,61)62/h3-6,11-17,48-51,56H,7-10H2,1-2H3,(H,52,53)(H,57,58,59)(H,60,61,62)/b40-39+,43-42+,44-41+. The van der Waals surface area contributed by atoms with Crippen molar-refractivity contribution in [3.63, 3.8) is 0 Å². The number of hydrogen-bond donors (Lipinski definition) is 8. The minimum atomic E-state index is -5.06. The molecule has 5 aromatic carbocycles. The van der Waals surface area contributed by atoms with Crippen LogP contribution in [0, 0.1) is 17.0 Å². The molecule has 0 radical (unpaired) electrons. The van der Waals surface area contributed by atoms with Gasteiger partial charge >= 0.3 is 5.97 Å². The Kier molecular flexibility index (Phi) is 16.0. The number of non-ortho nitro benzene ring substituents is 1. The van der Waals surface area contributed by atoms with Crippen LogP contribution in [-0.4, -0.2) is 111 Å². The number of rotatable bonds is 21. The molecule has 0 saturated carbocycles. The predicted octanol–water partition coefficient (Wildman–Crippen LogP) is 7.27. The lowest BCUT2D eigenvalue weighted by molar-refractivity contribution is -0.432. The zero-order valence-electron chi connectivity index (χ0n) is 35.4. The number of ether oxygens (including phenoxy) is 3. The molecular weight excluding hydrogens is 999 g/mol. The van der Waals surface area contributed by atoms with E-state index in [-0.39, 0.29) is 80.1 Å². The van der Waals surface area contributed by atoms with Crippen molar-refractivity contribution in [2.24, 2.45) is 30.7 Å². The molecule has 1 aromatic heterocycles. The first kappa shape index (κ1) is 51.6. The molecule has 368 valence electrons. The van der Waals surface area contributed by atoms with Crippen molar-refractivity contribution in [1.29, 1.82) is 0 Å². The number of benzene rings is 5. The van der Waals surface area contributed by atoms with Gasteiger partial charge in [-0.1, -0.05) is 5.04 Å². The molecule has 0 bridgehead atoms. The zero-order chi connectivity index (χ0) is 51.1. The van der Waals surface area contributed by atoms with Gasteiger partial charge in [0.1, 0.15) is 68.7 Å². The summed E-state index contributed by atoms with van der Waals surface area (Å²) in [4.78, 5) is 21.1. The monoisotopic (exact) mass is 1030 g/mol. The van der Waals surface area contributed by atoms with E-state index in [0.29, 0.717) is 18.1 Å². The lowest BCUT2D eigenvalue weighted by Crippen LogP contribution is -2.04. The average molecular weight is 1030 g/mol. The first-order chi connectivity index (χ1) is 33.2. The number of phenolic OH excluding ortho intramolecular Hbond substituents is 1. The van der Waals surface area contributed by atoms with Gasteiger partial charge in [0.2, 0.25) is 11.6 Å². The first-order valence-electron chi connectivity index (χ1n) is 19.0. The predicted molar refractivity (Wildman–Crippen MR) is 237 cm³/mol. The maximum absolute atomic E-state index is 12.3. The molecule has 8 N–H and O–H groups in total. The van der Waals surface area contributed by atoms with Gasteiger partial charge in [0.15, 0.2) is 11.4 Å². The van der Waals surface area contributed by atoms with Crippen LogP contribution < -0.4 is 14.2 Å². The van der Waals surface area contributed by atoms with E-state index in [0.717, 1.165) is 35.0 Å². The number of carbonyl (C=O) groups is 1. The van der Waals surface area contributed by atoms with Crippen molar-refractivity contribution in [3.8, 4) is 34.6 Å². The number of aromatic nitrogens is 2. The molecule has 0 atom stereocenters. The van der Waals surface area contributed by atoms with E-state index in [2.05, 4.69) is 45.2 Å². The second-order valence-corrected chi connectivity index (χ2v) is 17.1. The number of aryl methyl sites for hydroxylation is 1. The van der Waals surface area contributed by atoms with Crippen LogP contribution >= 0.6 is 12.0 Å². The number of carboxylic acid groups (broad SMARTS) is 1. The number of aromatic hydroxyl groups is 2. The lowest BCUT2D eigenvalue weighted by Gasteiger charge is -2.13. The Labute approximate surface area is 395 Å². The maximum atomic E-state index is 12.3. The van der Waals surface area contributed by atoms with E-state index in [1.165, 1.54) is 44.4 Å². The van der Waals surface area contributed by atoms with Crippen LogP contribution in [0.1, 0.15) is 16.1 Å². The number of nitro benzene ring substituents is 1. The molecule has 0 amide bonds. The third-order valence-corrected chi connectivity index (χ3v) is 11.7. The van der Waals surface area contributed by atoms with E-state index in [9.17, 15) is 66.4 Å². The van der Waals surface area contributed by atoms with Gasteiger partial charge in [-0.2, -0.15) is 26.6 Å². The lowest BCUT2D eigenvalue weighted by atomic mass is 10.1.